The molecule has 10 nitrogen and oxygen atoms in total. The number of nitrogen functional groups attached to an aromatic ring is 1. The number of anilines is 2. The van der Waals surface area contributed by atoms with Crippen LogP contribution in [0.5, 0.6) is 5.75 Å². The normalized spacial score (nSPS) is 21.2. The van der Waals surface area contributed by atoms with Gasteiger partial charge in [0.15, 0.2) is 6.23 Å². The Balaban J connectivity index is 1.14. The summed E-state index contributed by atoms with van der Waals surface area (Å²) in [5.41, 5.74) is 8.33. The van der Waals surface area contributed by atoms with Gasteiger partial charge in [-0.05, 0) is 42.3 Å². The molecule has 1 aliphatic rings. The summed E-state index contributed by atoms with van der Waals surface area (Å²) in [6.07, 6.45) is 0.224. The second-order valence-corrected chi connectivity index (χ2v) is 9.29. The third-order valence-electron chi connectivity index (χ3n) is 6.77. The number of aromatic nitrogens is 4. The van der Waals surface area contributed by atoms with E-state index >= 15 is 0 Å². The van der Waals surface area contributed by atoms with Crippen molar-refractivity contribution in [1.29, 1.82) is 0 Å². The van der Waals surface area contributed by atoms with E-state index in [-0.39, 0.29) is 6.61 Å². The van der Waals surface area contributed by atoms with Gasteiger partial charge in [-0.25, -0.2) is 15.0 Å². The van der Waals surface area contributed by atoms with Crippen LogP contribution in [-0.4, -0.2) is 61.2 Å². The molecule has 3 aromatic heterocycles. The fourth-order valence-corrected chi connectivity index (χ4v) is 4.76. The van der Waals surface area contributed by atoms with Crippen LogP contribution in [0.2, 0.25) is 0 Å². The van der Waals surface area contributed by atoms with Crippen molar-refractivity contribution in [2.75, 3.05) is 24.2 Å². The highest BCUT2D eigenvalue weighted by Crippen LogP contribution is 2.33. The molecule has 0 radical (unpaired) electrons. The van der Waals surface area contributed by atoms with Gasteiger partial charge in [-0.2, -0.15) is 0 Å². The monoisotopic (exact) mass is 512 g/mol. The van der Waals surface area contributed by atoms with Crippen LogP contribution in [0.4, 0.5) is 11.6 Å². The first-order valence-electron chi connectivity index (χ1n) is 12.5. The van der Waals surface area contributed by atoms with Crippen LogP contribution >= 0.6 is 0 Å². The Morgan fingerprint density at radius 1 is 1.00 bits per heavy atom. The Morgan fingerprint density at radius 3 is 2.71 bits per heavy atom. The zero-order valence-corrected chi connectivity index (χ0v) is 20.5. The maximum Gasteiger partial charge on any atom is 0.164 e. The molecule has 4 atom stereocenters. The summed E-state index contributed by atoms with van der Waals surface area (Å²) in [5.74, 6) is 1.69. The Hall–Kier alpha value is -4.25. The summed E-state index contributed by atoms with van der Waals surface area (Å²) in [7, 11) is 0. The average molecular weight is 513 g/mol. The molecule has 1 saturated heterocycles. The van der Waals surface area contributed by atoms with Crippen molar-refractivity contribution in [1.82, 2.24) is 19.5 Å². The van der Waals surface area contributed by atoms with E-state index < -0.39 is 24.5 Å². The number of nitrogens with zero attached hydrogens (tertiary/aromatic N) is 4. The Bertz CT molecular complexity index is 1560. The molecule has 0 unspecified atom stereocenters. The zero-order chi connectivity index (χ0) is 26.1. The lowest BCUT2D eigenvalue weighted by Crippen LogP contribution is -2.34. The fraction of sp³-hybridized carbons (Fsp3) is 0.250. The van der Waals surface area contributed by atoms with Crippen molar-refractivity contribution in [2.45, 2.75) is 31.0 Å². The topological polar surface area (TPSA) is 141 Å². The second kappa shape index (κ2) is 10.3. The summed E-state index contributed by atoms with van der Waals surface area (Å²) in [5, 5.41) is 26.7. The van der Waals surface area contributed by atoms with E-state index in [2.05, 4.69) is 32.4 Å². The highest BCUT2D eigenvalue weighted by Gasteiger charge is 2.44. The van der Waals surface area contributed by atoms with E-state index in [4.69, 9.17) is 15.2 Å². The molecule has 1 aliphatic heterocycles. The third-order valence-corrected chi connectivity index (χ3v) is 6.77. The molecule has 0 bridgehead atoms. The number of benzene rings is 2. The first kappa shape index (κ1) is 24.1. The van der Waals surface area contributed by atoms with Gasteiger partial charge in [0, 0.05) is 24.2 Å². The molecule has 0 spiro atoms. The Morgan fingerprint density at radius 2 is 1.84 bits per heavy atom. The number of aliphatic hydroxyl groups excluding tert-OH is 2. The number of pyridine rings is 1. The van der Waals surface area contributed by atoms with Gasteiger partial charge in [-0.15, -0.1) is 0 Å². The van der Waals surface area contributed by atoms with Gasteiger partial charge in [-0.3, -0.25) is 0 Å². The van der Waals surface area contributed by atoms with Gasteiger partial charge >= 0.3 is 0 Å². The molecule has 1 fully saturated rings. The van der Waals surface area contributed by atoms with E-state index in [1.807, 2.05) is 42.5 Å². The summed E-state index contributed by atoms with van der Waals surface area (Å²) >= 11 is 0. The smallest absolute Gasteiger partial charge is 0.164 e. The maximum absolute atomic E-state index is 10.8. The average Bonchev–Trinajstić information content (AvgIpc) is 3.49. The number of aliphatic hydroxyl groups is 2. The number of nitrogens with one attached hydrogen (secondary N) is 1. The highest BCUT2D eigenvalue weighted by atomic mass is 16.6. The molecule has 6 rings (SSSR count). The highest BCUT2D eigenvalue weighted by molar-refractivity contribution is 5.87. The van der Waals surface area contributed by atoms with Crippen LogP contribution in [0.15, 0.2) is 79.3 Å². The first-order chi connectivity index (χ1) is 18.6. The Labute approximate surface area is 218 Å². The molecule has 38 heavy (non-hydrogen) atoms. The van der Waals surface area contributed by atoms with Gasteiger partial charge in [0.25, 0.3) is 0 Å². The van der Waals surface area contributed by atoms with Crippen LogP contribution in [0, 0.1) is 0 Å². The van der Waals surface area contributed by atoms with Crippen molar-refractivity contribution in [3.63, 3.8) is 0 Å². The van der Waals surface area contributed by atoms with Crippen LogP contribution < -0.4 is 15.8 Å². The lowest BCUT2D eigenvalue weighted by molar-refractivity contribution is -0.0471. The van der Waals surface area contributed by atoms with Crippen molar-refractivity contribution in [2.24, 2.45) is 0 Å². The summed E-state index contributed by atoms with van der Waals surface area (Å²) in [6.45, 7) is 0.752. The molecule has 10 heteroatoms. The molecule has 0 amide bonds. The minimum absolute atomic E-state index is 0.0447. The molecule has 0 aliphatic carbocycles. The van der Waals surface area contributed by atoms with Crippen molar-refractivity contribution in [3.05, 3.63) is 84.8 Å². The number of nitrogens with two attached hydrogens (primary N) is 1. The standard InChI is InChI=1S/C28H28N6O4/c29-23-9-7-18-6-8-19(14-21(18)33-23)37-15-22-24(35)25(36)28(38-22)34-13-11-20-26(31-16-32-27(20)34)30-12-10-17-4-2-1-3-5-17/h1-9,11,13-14,16,22,24-25,28,35-36H,10,12,15H2,(H2,29,33)(H,30,31,32)/t22-,24-,25-,28-/m1/s1. The Kier molecular flexibility index (Phi) is 6.50. The molecule has 0 saturated carbocycles. The van der Waals surface area contributed by atoms with Crippen LogP contribution in [0.3, 0.4) is 0 Å². The second-order valence-electron chi connectivity index (χ2n) is 9.29. The van der Waals surface area contributed by atoms with Gasteiger partial charge in [0.05, 0.1) is 10.9 Å². The van der Waals surface area contributed by atoms with Crippen LogP contribution in [0.25, 0.3) is 21.9 Å². The zero-order valence-electron chi connectivity index (χ0n) is 20.5. The lowest BCUT2D eigenvalue weighted by Gasteiger charge is -2.17. The number of hydrogen-bond acceptors (Lipinski definition) is 9. The quantitative estimate of drug-likeness (QED) is 0.247. The molecule has 4 heterocycles. The third kappa shape index (κ3) is 4.72. The van der Waals surface area contributed by atoms with E-state index in [1.165, 1.54) is 11.9 Å². The minimum Gasteiger partial charge on any atom is -0.491 e. The number of fused-ring (bicyclic) bond motifs is 2. The fourth-order valence-electron chi connectivity index (χ4n) is 4.76. The van der Waals surface area contributed by atoms with Crippen molar-refractivity contribution >= 4 is 33.6 Å². The largest absolute Gasteiger partial charge is 0.491 e. The predicted octanol–water partition coefficient (Wildman–Crippen LogP) is 2.91. The van der Waals surface area contributed by atoms with Crippen LogP contribution in [-0.2, 0) is 11.2 Å². The minimum atomic E-state index is -1.17. The lowest BCUT2D eigenvalue weighted by atomic mass is 10.1. The van der Waals surface area contributed by atoms with Gasteiger partial charge in [-0.1, -0.05) is 30.3 Å². The van der Waals surface area contributed by atoms with E-state index in [0.29, 0.717) is 35.1 Å². The molecule has 2 aromatic carbocycles. The molecular formula is C28H28N6O4. The predicted molar refractivity (Wildman–Crippen MR) is 144 cm³/mol. The van der Waals surface area contributed by atoms with E-state index in [9.17, 15) is 10.2 Å². The van der Waals surface area contributed by atoms with Gasteiger partial charge < -0.3 is 35.3 Å². The summed E-state index contributed by atoms with van der Waals surface area (Å²) < 4.78 is 13.7. The number of hydrogen-bond donors (Lipinski definition) is 4. The molecule has 194 valence electrons. The van der Waals surface area contributed by atoms with E-state index in [0.717, 1.165) is 17.2 Å². The summed E-state index contributed by atoms with van der Waals surface area (Å²) in [4.78, 5) is 13.1. The molecular weight excluding hydrogens is 484 g/mol. The van der Waals surface area contributed by atoms with Gasteiger partial charge in [0.2, 0.25) is 0 Å². The molecule has 5 aromatic rings. The molecule has 5 N–H and O–H groups in total. The van der Waals surface area contributed by atoms with Crippen molar-refractivity contribution < 1.29 is 19.7 Å². The maximum atomic E-state index is 10.8. The SMILES string of the molecule is Nc1ccc2ccc(OC[C@H]3O[C@@H](n4ccc5c(NCCc6ccccc6)ncnc54)[C@H](O)[C@@H]3O)cc2n1. The van der Waals surface area contributed by atoms with Crippen LogP contribution in [0.1, 0.15) is 11.8 Å². The van der Waals surface area contributed by atoms with Crippen molar-refractivity contribution in [3.8, 4) is 5.75 Å². The number of ether oxygens (including phenoxy) is 2. The first-order valence-corrected chi connectivity index (χ1v) is 12.5. The number of rotatable bonds is 8. The van der Waals surface area contributed by atoms with E-state index in [1.54, 1.807) is 22.9 Å². The summed E-state index contributed by atoms with van der Waals surface area (Å²) in [6, 6.07) is 21.2. The van der Waals surface area contributed by atoms with Gasteiger partial charge in [0.1, 0.15) is 54.3 Å².